The average molecular weight is 286 g/mol. The van der Waals surface area contributed by atoms with Gasteiger partial charge in [0, 0.05) is 19.2 Å². The van der Waals surface area contributed by atoms with E-state index in [-0.39, 0.29) is 13.1 Å². The molecule has 7 heteroatoms. The van der Waals surface area contributed by atoms with E-state index in [1.165, 1.54) is 6.26 Å². The number of aromatic nitrogens is 1. The first kappa shape index (κ1) is 14.4. The molecule has 0 spiro atoms. The number of rotatable bonds is 5. The molecule has 1 N–H and O–H groups in total. The van der Waals surface area contributed by atoms with Gasteiger partial charge in [-0.3, -0.25) is 4.79 Å². The first-order valence-corrected chi connectivity index (χ1v) is 5.98. The van der Waals surface area contributed by atoms with Crippen molar-refractivity contribution in [3.8, 4) is 0 Å². The van der Waals surface area contributed by atoms with Gasteiger partial charge in [0.05, 0.1) is 12.8 Å². The number of nitrogens with one attached hydrogen (secondary N) is 1. The minimum atomic E-state index is -4.54. The summed E-state index contributed by atoms with van der Waals surface area (Å²) in [6.07, 6.45) is -3.03. The lowest BCUT2D eigenvalue weighted by Crippen LogP contribution is -2.31. The smallest absolute Gasteiger partial charge is 0.431 e. The van der Waals surface area contributed by atoms with E-state index in [0.717, 1.165) is 22.8 Å². The Kier molecular flexibility index (Phi) is 4.29. The molecule has 2 heterocycles. The van der Waals surface area contributed by atoms with Gasteiger partial charge in [-0.2, -0.15) is 13.2 Å². The average Bonchev–Trinajstić information content (AvgIpc) is 2.88. The molecule has 0 amide bonds. The SMILES string of the molecule is O=c1cccc(C(F)(F)F)n1CCNCc1ccco1. The number of nitrogens with zero attached hydrogens (tertiary/aromatic N) is 1. The summed E-state index contributed by atoms with van der Waals surface area (Å²) in [4.78, 5) is 11.5. The van der Waals surface area contributed by atoms with Crippen LogP contribution in [-0.2, 0) is 19.3 Å². The van der Waals surface area contributed by atoms with Gasteiger partial charge in [-0.05, 0) is 18.2 Å². The normalized spacial score (nSPS) is 11.8. The van der Waals surface area contributed by atoms with Crippen LogP contribution in [0.4, 0.5) is 13.2 Å². The summed E-state index contributed by atoms with van der Waals surface area (Å²) in [6, 6.07) is 6.59. The molecule has 0 aliphatic heterocycles. The second-order valence-corrected chi connectivity index (χ2v) is 4.15. The molecule has 0 saturated heterocycles. The minimum absolute atomic E-state index is 0.0603. The predicted molar refractivity (Wildman–Crippen MR) is 66.1 cm³/mol. The second-order valence-electron chi connectivity index (χ2n) is 4.15. The lowest BCUT2D eigenvalue weighted by molar-refractivity contribution is -0.144. The first-order valence-electron chi connectivity index (χ1n) is 5.98. The summed E-state index contributed by atoms with van der Waals surface area (Å²) < 4.78 is 44.1. The third kappa shape index (κ3) is 3.51. The standard InChI is InChI=1S/C13H13F3N2O2/c14-13(15,16)11-4-1-5-12(19)18(11)7-6-17-9-10-3-2-8-20-10/h1-5,8,17H,6-7,9H2. The molecule has 0 aliphatic rings. The molecule has 2 aromatic heterocycles. The number of hydrogen-bond acceptors (Lipinski definition) is 3. The van der Waals surface area contributed by atoms with Crippen LogP contribution in [0.1, 0.15) is 11.5 Å². The molecule has 4 nitrogen and oxygen atoms in total. The number of halogens is 3. The van der Waals surface area contributed by atoms with Crippen LogP contribution in [0.2, 0.25) is 0 Å². The largest absolute Gasteiger partial charge is 0.468 e. The molecular weight excluding hydrogens is 273 g/mol. The molecule has 2 rings (SSSR count). The highest BCUT2D eigenvalue weighted by atomic mass is 19.4. The van der Waals surface area contributed by atoms with Gasteiger partial charge in [0.2, 0.25) is 0 Å². The van der Waals surface area contributed by atoms with Crippen LogP contribution in [0.5, 0.6) is 0 Å². The molecule has 108 valence electrons. The maximum Gasteiger partial charge on any atom is 0.431 e. The molecule has 0 radical (unpaired) electrons. The van der Waals surface area contributed by atoms with E-state index < -0.39 is 17.4 Å². The fourth-order valence-electron chi connectivity index (χ4n) is 1.81. The van der Waals surface area contributed by atoms with Gasteiger partial charge in [0.25, 0.3) is 5.56 Å². The van der Waals surface area contributed by atoms with Crippen LogP contribution in [-0.4, -0.2) is 11.1 Å². The summed E-state index contributed by atoms with van der Waals surface area (Å²) >= 11 is 0. The third-order valence-corrected chi connectivity index (χ3v) is 2.73. The van der Waals surface area contributed by atoms with Crippen LogP contribution >= 0.6 is 0 Å². The Labute approximate surface area is 112 Å². The Bertz CT molecular complexity index is 603. The summed E-state index contributed by atoms with van der Waals surface area (Å²) in [5, 5.41) is 2.92. The van der Waals surface area contributed by atoms with Crippen LogP contribution in [0.15, 0.2) is 45.8 Å². The van der Waals surface area contributed by atoms with Gasteiger partial charge in [-0.15, -0.1) is 0 Å². The fraction of sp³-hybridized carbons (Fsp3) is 0.308. The molecule has 20 heavy (non-hydrogen) atoms. The van der Waals surface area contributed by atoms with Gasteiger partial charge < -0.3 is 14.3 Å². The Morgan fingerprint density at radius 3 is 2.65 bits per heavy atom. The van der Waals surface area contributed by atoms with Gasteiger partial charge in [0.1, 0.15) is 11.5 Å². The molecular formula is C13H13F3N2O2. The highest BCUT2D eigenvalue weighted by molar-refractivity contribution is 5.10. The monoisotopic (exact) mass is 286 g/mol. The van der Waals surface area contributed by atoms with Crippen molar-refractivity contribution in [2.45, 2.75) is 19.3 Å². The molecule has 0 atom stereocenters. The van der Waals surface area contributed by atoms with Crippen molar-refractivity contribution in [3.63, 3.8) is 0 Å². The van der Waals surface area contributed by atoms with Crippen molar-refractivity contribution >= 4 is 0 Å². The maximum absolute atomic E-state index is 12.8. The Morgan fingerprint density at radius 1 is 1.20 bits per heavy atom. The zero-order valence-electron chi connectivity index (χ0n) is 10.5. The maximum atomic E-state index is 12.8. The van der Waals surface area contributed by atoms with Crippen LogP contribution < -0.4 is 10.9 Å². The van der Waals surface area contributed by atoms with Gasteiger partial charge in [-0.25, -0.2) is 0 Å². The van der Waals surface area contributed by atoms with Crippen LogP contribution in [0.25, 0.3) is 0 Å². The molecule has 0 aliphatic carbocycles. The van der Waals surface area contributed by atoms with E-state index in [0.29, 0.717) is 12.3 Å². The van der Waals surface area contributed by atoms with E-state index in [9.17, 15) is 18.0 Å². The zero-order chi connectivity index (χ0) is 14.6. The third-order valence-electron chi connectivity index (χ3n) is 2.73. The van der Waals surface area contributed by atoms with Crippen LogP contribution in [0.3, 0.4) is 0 Å². The Morgan fingerprint density at radius 2 is 2.00 bits per heavy atom. The van der Waals surface area contributed by atoms with Crippen LogP contribution in [0, 0.1) is 0 Å². The van der Waals surface area contributed by atoms with E-state index in [1.807, 2.05) is 0 Å². The Balaban J connectivity index is 2.00. The fourth-order valence-corrected chi connectivity index (χ4v) is 1.81. The molecule has 0 saturated carbocycles. The molecule has 0 fully saturated rings. The number of furan rings is 1. The molecule has 2 aromatic rings. The number of pyridine rings is 1. The van der Waals surface area contributed by atoms with Crippen molar-refractivity contribution in [2.75, 3.05) is 6.54 Å². The quantitative estimate of drug-likeness (QED) is 0.858. The van der Waals surface area contributed by atoms with E-state index in [1.54, 1.807) is 12.1 Å². The topological polar surface area (TPSA) is 47.2 Å². The van der Waals surface area contributed by atoms with Crippen molar-refractivity contribution < 1.29 is 17.6 Å². The van der Waals surface area contributed by atoms with Gasteiger partial charge >= 0.3 is 6.18 Å². The lowest BCUT2D eigenvalue weighted by Gasteiger charge is -2.14. The van der Waals surface area contributed by atoms with Crippen molar-refractivity contribution in [1.29, 1.82) is 0 Å². The highest BCUT2D eigenvalue weighted by Gasteiger charge is 2.33. The lowest BCUT2D eigenvalue weighted by atomic mass is 10.3. The number of alkyl halides is 3. The van der Waals surface area contributed by atoms with Gasteiger partial charge in [-0.1, -0.05) is 6.07 Å². The van der Waals surface area contributed by atoms with Gasteiger partial charge in [0.15, 0.2) is 0 Å². The highest BCUT2D eigenvalue weighted by Crippen LogP contribution is 2.27. The molecule has 0 unspecified atom stereocenters. The van der Waals surface area contributed by atoms with E-state index in [2.05, 4.69) is 5.32 Å². The zero-order valence-corrected chi connectivity index (χ0v) is 10.5. The molecule has 0 aromatic carbocycles. The minimum Gasteiger partial charge on any atom is -0.468 e. The summed E-state index contributed by atoms with van der Waals surface area (Å²) in [5.41, 5.74) is -1.61. The first-order chi connectivity index (χ1) is 9.48. The summed E-state index contributed by atoms with van der Waals surface area (Å²) in [7, 11) is 0. The second kappa shape index (κ2) is 5.96. The van der Waals surface area contributed by atoms with Crippen molar-refractivity contribution in [3.05, 3.63) is 58.4 Å². The Hall–Kier alpha value is -2.02. The van der Waals surface area contributed by atoms with Crippen molar-refractivity contribution in [1.82, 2.24) is 9.88 Å². The predicted octanol–water partition coefficient (Wildman–Crippen LogP) is 2.25. The summed E-state index contributed by atoms with van der Waals surface area (Å²) in [5.74, 6) is 0.682. The van der Waals surface area contributed by atoms with Crippen molar-refractivity contribution in [2.24, 2.45) is 0 Å². The number of hydrogen-bond donors (Lipinski definition) is 1. The van der Waals surface area contributed by atoms with E-state index >= 15 is 0 Å². The van der Waals surface area contributed by atoms with E-state index in [4.69, 9.17) is 4.42 Å². The summed E-state index contributed by atoms with van der Waals surface area (Å²) in [6.45, 7) is 0.568. The molecule has 0 bridgehead atoms.